The van der Waals surface area contributed by atoms with E-state index in [1.165, 1.54) is 7.11 Å². The number of aromatic nitrogens is 2. The van der Waals surface area contributed by atoms with Crippen molar-refractivity contribution in [3.05, 3.63) is 15.7 Å². The van der Waals surface area contributed by atoms with Crippen LogP contribution < -0.4 is 5.32 Å². The van der Waals surface area contributed by atoms with Crippen LogP contribution in [0.3, 0.4) is 0 Å². The van der Waals surface area contributed by atoms with Gasteiger partial charge in [-0.2, -0.15) is 0 Å². The first-order valence-electron chi connectivity index (χ1n) is 7.52. The molecule has 1 aliphatic carbocycles. The molecular formula is C15H22IN3O3. The highest BCUT2D eigenvalue weighted by Gasteiger charge is 2.40. The molecule has 0 radical (unpaired) electrons. The maximum absolute atomic E-state index is 12.9. The summed E-state index contributed by atoms with van der Waals surface area (Å²) >= 11 is 2.18. The molecule has 1 amide bonds. The van der Waals surface area contributed by atoms with Crippen molar-refractivity contribution < 1.29 is 14.3 Å². The van der Waals surface area contributed by atoms with Crippen molar-refractivity contribution >= 4 is 34.5 Å². The van der Waals surface area contributed by atoms with Crippen LogP contribution in [0.25, 0.3) is 0 Å². The Balaban J connectivity index is 2.16. The quantitative estimate of drug-likeness (QED) is 0.719. The summed E-state index contributed by atoms with van der Waals surface area (Å²) in [5, 5.41) is 2.68. The largest absolute Gasteiger partial charge is 0.453 e. The van der Waals surface area contributed by atoms with E-state index in [1.54, 1.807) is 6.20 Å². The van der Waals surface area contributed by atoms with Gasteiger partial charge in [0.15, 0.2) is 5.78 Å². The number of imidazole rings is 1. The first kappa shape index (κ1) is 17.2. The van der Waals surface area contributed by atoms with Gasteiger partial charge in [-0.1, -0.05) is 20.3 Å². The average molecular weight is 419 g/mol. The SMILES string of the molecule is COC(=O)N[C@H](C(=O)C1CCC[C@H]1c1ncc(I)[nH]1)C(C)C. The standard InChI is InChI=1S/C15H22IN3O3/c1-8(2)12(19-15(21)22-3)13(20)9-5-4-6-10(9)14-17-7-11(16)18-14/h7-10,12H,4-6H2,1-3H3,(H,17,18)(H,19,21)/t9?,10-,12+/m1/s1. The summed E-state index contributed by atoms with van der Waals surface area (Å²) in [7, 11) is 1.31. The molecule has 22 heavy (non-hydrogen) atoms. The van der Waals surface area contributed by atoms with E-state index in [0.717, 1.165) is 28.8 Å². The van der Waals surface area contributed by atoms with Crippen LogP contribution in [-0.2, 0) is 9.53 Å². The molecule has 1 aromatic heterocycles. The lowest BCUT2D eigenvalue weighted by atomic mass is 9.84. The van der Waals surface area contributed by atoms with Crippen molar-refractivity contribution in [2.24, 2.45) is 11.8 Å². The highest BCUT2D eigenvalue weighted by molar-refractivity contribution is 14.1. The molecule has 1 aliphatic rings. The molecule has 1 aromatic rings. The summed E-state index contributed by atoms with van der Waals surface area (Å²) in [5.41, 5.74) is 0. The van der Waals surface area contributed by atoms with Gasteiger partial charge in [-0.05, 0) is 41.4 Å². The summed E-state index contributed by atoms with van der Waals surface area (Å²) in [5.74, 6) is 0.975. The minimum atomic E-state index is -0.561. The molecule has 3 atom stereocenters. The van der Waals surface area contributed by atoms with Crippen LogP contribution in [0.15, 0.2) is 6.20 Å². The fourth-order valence-corrected chi connectivity index (χ4v) is 3.53. The Hall–Kier alpha value is -1.12. The lowest BCUT2D eigenvalue weighted by Crippen LogP contribution is -2.47. The zero-order chi connectivity index (χ0) is 16.3. The smallest absolute Gasteiger partial charge is 0.407 e. The maximum Gasteiger partial charge on any atom is 0.407 e. The number of nitrogens with zero attached hydrogens (tertiary/aromatic N) is 1. The third-order valence-electron chi connectivity index (χ3n) is 4.23. The molecule has 0 aromatic carbocycles. The molecule has 1 fully saturated rings. The lowest BCUT2D eigenvalue weighted by Gasteiger charge is -2.26. The van der Waals surface area contributed by atoms with E-state index in [-0.39, 0.29) is 23.5 Å². The number of methoxy groups -OCH3 is 1. The molecule has 0 spiro atoms. The molecule has 2 rings (SSSR count). The zero-order valence-corrected chi connectivity index (χ0v) is 15.2. The van der Waals surface area contributed by atoms with Gasteiger partial charge in [0.25, 0.3) is 0 Å². The van der Waals surface area contributed by atoms with E-state index < -0.39 is 12.1 Å². The molecule has 1 unspecified atom stereocenters. The first-order valence-corrected chi connectivity index (χ1v) is 8.60. The van der Waals surface area contributed by atoms with E-state index in [0.29, 0.717) is 0 Å². The van der Waals surface area contributed by atoms with Gasteiger partial charge in [0.05, 0.1) is 23.0 Å². The Bertz CT molecular complexity index is 544. The minimum Gasteiger partial charge on any atom is -0.453 e. The first-order chi connectivity index (χ1) is 10.4. The second kappa shape index (κ2) is 7.43. The number of hydrogen-bond donors (Lipinski definition) is 2. The van der Waals surface area contributed by atoms with Crippen LogP contribution in [0.2, 0.25) is 0 Å². The summed E-state index contributed by atoms with van der Waals surface area (Å²) in [6.07, 6.45) is 4.01. The number of carbonyl (C=O) groups is 2. The van der Waals surface area contributed by atoms with Crippen molar-refractivity contribution in [2.45, 2.75) is 45.1 Å². The number of halogens is 1. The number of carbonyl (C=O) groups excluding carboxylic acids is 2. The van der Waals surface area contributed by atoms with Gasteiger partial charge in [0.2, 0.25) is 0 Å². The van der Waals surface area contributed by atoms with Crippen LogP contribution in [0.1, 0.15) is 44.9 Å². The molecule has 1 saturated carbocycles. The monoisotopic (exact) mass is 419 g/mol. The van der Waals surface area contributed by atoms with E-state index >= 15 is 0 Å². The van der Waals surface area contributed by atoms with Gasteiger partial charge in [-0.3, -0.25) is 4.79 Å². The van der Waals surface area contributed by atoms with Gasteiger partial charge < -0.3 is 15.0 Å². The molecule has 122 valence electrons. The predicted octanol–water partition coefficient (Wildman–Crippen LogP) is 2.85. The predicted molar refractivity (Wildman–Crippen MR) is 90.6 cm³/mol. The van der Waals surface area contributed by atoms with E-state index in [2.05, 4.69) is 42.6 Å². The number of ketones is 1. The number of rotatable bonds is 5. The van der Waals surface area contributed by atoms with Crippen LogP contribution in [0.4, 0.5) is 4.79 Å². The number of nitrogens with one attached hydrogen (secondary N) is 2. The average Bonchev–Trinajstić information content (AvgIpc) is 3.11. The Labute approximate surface area is 143 Å². The zero-order valence-electron chi connectivity index (χ0n) is 13.1. The second-order valence-corrected chi connectivity index (χ2v) is 7.18. The maximum atomic E-state index is 12.9. The number of aromatic amines is 1. The second-order valence-electron chi connectivity index (χ2n) is 6.02. The van der Waals surface area contributed by atoms with Crippen LogP contribution in [0, 0.1) is 15.5 Å². The number of hydrogen-bond acceptors (Lipinski definition) is 4. The Morgan fingerprint density at radius 1 is 1.45 bits per heavy atom. The van der Waals surface area contributed by atoms with Crippen molar-refractivity contribution in [3.8, 4) is 0 Å². The normalized spacial score (nSPS) is 22.6. The number of Topliss-reactive ketones (excluding diaryl/α,β-unsaturated/α-hetero) is 1. The molecule has 0 aliphatic heterocycles. The number of ether oxygens (including phenoxy) is 1. The Morgan fingerprint density at radius 3 is 2.73 bits per heavy atom. The highest BCUT2D eigenvalue weighted by Crippen LogP contribution is 2.40. The summed E-state index contributed by atoms with van der Waals surface area (Å²) in [4.78, 5) is 32.0. The molecule has 1 heterocycles. The molecular weight excluding hydrogens is 397 g/mol. The van der Waals surface area contributed by atoms with E-state index in [1.807, 2.05) is 13.8 Å². The summed E-state index contributed by atoms with van der Waals surface area (Å²) < 4.78 is 5.61. The third kappa shape index (κ3) is 3.80. The third-order valence-corrected chi connectivity index (χ3v) is 4.78. The van der Waals surface area contributed by atoms with Gasteiger partial charge in [0, 0.05) is 11.8 Å². The lowest BCUT2D eigenvalue weighted by molar-refractivity contribution is -0.126. The van der Waals surface area contributed by atoms with Crippen molar-refractivity contribution in [3.63, 3.8) is 0 Å². The minimum absolute atomic E-state index is 0.0181. The topological polar surface area (TPSA) is 84.1 Å². The van der Waals surface area contributed by atoms with Gasteiger partial charge in [-0.25, -0.2) is 9.78 Å². The molecule has 0 saturated heterocycles. The Kier molecular flexibility index (Phi) is 5.82. The van der Waals surface area contributed by atoms with Crippen molar-refractivity contribution in [1.29, 1.82) is 0 Å². The van der Waals surface area contributed by atoms with Crippen molar-refractivity contribution in [1.82, 2.24) is 15.3 Å². The van der Waals surface area contributed by atoms with Gasteiger partial charge in [0.1, 0.15) is 5.82 Å². The van der Waals surface area contributed by atoms with Crippen LogP contribution >= 0.6 is 22.6 Å². The van der Waals surface area contributed by atoms with Crippen LogP contribution in [0.5, 0.6) is 0 Å². The van der Waals surface area contributed by atoms with Gasteiger partial charge in [-0.15, -0.1) is 0 Å². The van der Waals surface area contributed by atoms with Crippen molar-refractivity contribution in [2.75, 3.05) is 7.11 Å². The fraction of sp³-hybridized carbons (Fsp3) is 0.667. The molecule has 0 bridgehead atoms. The fourth-order valence-electron chi connectivity index (χ4n) is 3.11. The number of amides is 1. The van der Waals surface area contributed by atoms with E-state index in [4.69, 9.17) is 0 Å². The Morgan fingerprint density at radius 2 is 2.18 bits per heavy atom. The summed E-state index contributed by atoms with van der Waals surface area (Å²) in [6.45, 7) is 3.86. The number of H-pyrrole nitrogens is 1. The number of alkyl carbamates (subject to hydrolysis) is 1. The molecule has 7 heteroatoms. The van der Waals surface area contributed by atoms with Crippen LogP contribution in [-0.4, -0.2) is 35.0 Å². The highest BCUT2D eigenvalue weighted by atomic mass is 127. The van der Waals surface area contributed by atoms with Gasteiger partial charge >= 0.3 is 6.09 Å². The summed E-state index contributed by atoms with van der Waals surface area (Å²) in [6, 6.07) is -0.521. The molecule has 6 nitrogen and oxygen atoms in total. The van der Waals surface area contributed by atoms with E-state index in [9.17, 15) is 9.59 Å². The molecule has 2 N–H and O–H groups in total.